The van der Waals surface area contributed by atoms with Crippen LogP contribution in [0.4, 0.5) is 0 Å². The van der Waals surface area contributed by atoms with Crippen molar-refractivity contribution in [2.45, 2.75) is 13.5 Å². The first-order chi connectivity index (χ1) is 5.83. The summed E-state index contributed by atoms with van der Waals surface area (Å²) in [5.74, 6) is 1.21. The van der Waals surface area contributed by atoms with Crippen LogP contribution in [-0.2, 0) is 11.3 Å². The van der Waals surface area contributed by atoms with E-state index in [1.807, 2.05) is 0 Å². The van der Waals surface area contributed by atoms with Crippen LogP contribution >= 0.6 is 0 Å². The fraction of sp³-hybridized carbons (Fsp3) is 0.714. The van der Waals surface area contributed by atoms with Gasteiger partial charge in [-0.15, -0.1) is 10.2 Å². The summed E-state index contributed by atoms with van der Waals surface area (Å²) >= 11 is 0. The number of rotatable bonds is 5. The average Bonchev–Trinajstić information content (AvgIpc) is 2.45. The summed E-state index contributed by atoms with van der Waals surface area (Å²) < 4.78 is 9.99. The standard InChI is InChI=1S/C7H13N3O2/c1-6-9-10-7(12-6)5-8-3-4-11-2/h8H,3-5H2,1-2H3. The fourth-order valence-corrected chi connectivity index (χ4v) is 0.778. The number of nitrogens with one attached hydrogen (secondary N) is 1. The van der Waals surface area contributed by atoms with Crippen LogP contribution in [0.3, 0.4) is 0 Å². The lowest BCUT2D eigenvalue weighted by Gasteiger charge is -1.98. The minimum atomic E-state index is 0.596. The predicted molar refractivity (Wildman–Crippen MR) is 42.6 cm³/mol. The molecule has 0 radical (unpaired) electrons. The first-order valence-electron chi connectivity index (χ1n) is 3.81. The van der Waals surface area contributed by atoms with Gasteiger partial charge in [0.25, 0.3) is 0 Å². The largest absolute Gasteiger partial charge is 0.424 e. The van der Waals surface area contributed by atoms with Gasteiger partial charge >= 0.3 is 0 Å². The van der Waals surface area contributed by atoms with E-state index in [1.165, 1.54) is 0 Å². The molecule has 1 aromatic rings. The predicted octanol–water partition coefficient (Wildman–Crippen LogP) is 0.114. The van der Waals surface area contributed by atoms with Crippen LogP contribution in [-0.4, -0.2) is 30.5 Å². The second kappa shape index (κ2) is 4.84. The lowest BCUT2D eigenvalue weighted by molar-refractivity contribution is 0.198. The van der Waals surface area contributed by atoms with Crippen molar-refractivity contribution in [2.24, 2.45) is 0 Å². The molecule has 0 aliphatic carbocycles. The van der Waals surface area contributed by atoms with Gasteiger partial charge in [-0.2, -0.15) is 0 Å². The molecule has 12 heavy (non-hydrogen) atoms. The maximum Gasteiger partial charge on any atom is 0.230 e. The van der Waals surface area contributed by atoms with Gasteiger partial charge in [-0.05, 0) is 0 Å². The molecule has 0 saturated carbocycles. The van der Waals surface area contributed by atoms with Crippen LogP contribution in [0.2, 0.25) is 0 Å². The Labute approximate surface area is 71.1 Å². The molecule has 0 aromatic carbocycles. The van der Waals surface area contributed by atoms with Crippen LogP contribution in [0.15, 0.2) is 4.42 Å². The van der Waals surface area contributed by atoms with Crippen molar-refractivity contribution < 1.29 is 9.15 Å². The van der Waals surface area contributed by atoms with Crippen LogP contribution < -0.4 is 5.32 Å². The first-order valence-corrected chi connectivity index (χ1v) is 3.81. The van der Waals surface area contributed by atoms with Crippen LogP contribution in [0.25, 0.3) is 0 Å². The third-order valence-corrected chi connectivity index (χ3v) is 1.33. The average molecular weight is 171 g/mol. The molecule has 1 rings (SSSR count). The Morgan fingerprint density at radius 3 is 2.92 bits per heavy atom. The van der Waals surface area contributed by atoms with Gasteiger partial charge in [0, 0.05) is 20.6 Å². The number of nitrogens with zero attached hydrogens (tertiary/aromatic N) is 2. The summed E-state index contributed by atoms with van der Waals surface area (Å²) in [7, 11) is 1.67. The van der Waals surface area contributed by atoms with E-state index in [4.69, 9.17) is 9.15 Å². The molecule has 1 aromatic heterocycles. The highest BCUT2D eigenvalue weighted by molar-refractivity contribution is 4.77. The number of methoxy groups -OCH3 is 1. The quantitative estimate of drug-likeness (QED) is 0.637. The molecule has 0 spiro atoms. The Kier molecular flexibility index (Phi) is 3.69. The Morgan fingerprint density at radius 1 is 1.50 bits per heavy atom. The minimum Gasteiger partial charge on any atom is -0.424 e. The smallest absolute Gasteiger partial charge is 0.230 e. The summed E-state index contributed by atoms with van der Waals surface area (Å²) in [6.07, 6.45) is 0. The van der Waals surface area contributed by atoms with Crippen molar-refractivity contribution in [3.05, 3.63) is 11.8 Å². The zero-order chi connectivity index (χ0) is 8.81. The maximum absolute atomic E-state index is 5.14. The molecule has 68 valence electrons. The highest BCUT2D eigenvalue weighted by Crippen LogP contribution is 1.95. The van der Waals surface area contributed by atoms with Crippen LogP contribution in [0.5, 0.6) is 0 Å². The van der Waals surface area contributed by atoms with Crippen molar-refractivity contribution in [1.29, 1.82) is 0 Å². The monoisotopic (exact) mass is 171 g/mol. The van der Waals surface area contributed by atoms with Crippen molar-refractivity contribution in [1.82, 2.24) is 15.5 Å². The van der Waals surface area contributed by atoms with Gasteiger partial charge in [-0.1, -0.05) is 0 Å². The highest BCUT2D eigenvalue weighted by Gasteiger charge is 1.99. The molecule has 0 aliphatic heterocycles. The van der Waals surface area contributed by atoms with Gasteiger partial charge < -0.3 is 14.5 Å². The second-order valence-corrected chi connectivity index (χ2v) is 2.38. The van der Waals surface area contributed by atoms with Gasteiger partial charge in [0.2, 0.25) is 11.8 Å². The number of aryl methyl sites for hydroxylation is 1. The normalized spacial score (nSPS) is 10.5. The summed E-state index contributed by atoms with van der Waals surface area (Å²) in [5.41, 5.74) is 0. The molecule has 5 nitrogen and oxygen atoms in total. The van der Waals surface area contributed by atoms with Crippen molar-refractivity contribution in [2.75, 3.05) is 20.3 Å². The van der Waals surface area contributed by atoms with E-state index >= 15 is 0 Å². The zero-order valence-corrected chi connectivity index (χ0v) is 7.33. The topological polar surface area (TPSA) is 60.2 Å². The minimum absolute atomic E-state index is 0.596. The van der Waals surface area contributed by atoms with Gasteiger partial charge in [0.15, 0.2) is 0 Å². The molecule has 0 fully saturated rings. The fourth-order valence-electron chi connectivity index (χ4n) is 0.778. The van der Waals surface area contributed by atoms with E-state index in [0.29, 0.717) is 24.9 Å². The van der Waals surface area contributed by atoms with E-state index < -0.39 is 0 Å². The molecule has 5 heteroatoms. The maximum atomic E-state index is 5.14. The Balaban J connectivity index is 2.15. The number of ether oxygens (including phenoxy) is 1. The van der Waals surface area contributed by atoms with Crippen molar-refractivity contribution in [3.63, 3.8) is 0 Å². The molecule has 0 unspecified atom stereocenters. The molecule has 1 N–H and O–H groups in total. The van der Waals surface area contributed by atoms with Gasteiger partial charge in [0.05, 0.1) is 13.2 Å². The number of hydrogen-bond donors (Lipinski definition) is 1. The lowest BCUT2D eigenvalue weighted by Crippen LogP contribution is -2.18. The number of hydrogen-bond acceptors (Lipinski definition) is 5. The van der Waals surface area contributed by atoms with E-state index in [9.17, 15) is 0 Å². The Morgan fingerprint density at radius 2 is 2.33 bits per heavy atom. The SMILES string of the molecule is COCCNCc1nnc(C)o1. The van der Waals surface area contributed by atoms with Crippen LogP contribution in [0.1, 0.15) is 11.8 Å². The van der Waals surface area contributed by atoms with E-state index in [-0.39, 0.29) is 0 Å². The third-order valence-electron chi connectivity index (χ3n) is 1.33. The van der Waals surface area contributed by atoms with Crippen molar-refractivity contribution in [3.8, 4) is 0 Å². The van der Waals surface area contributed by atoms with E-state index in [1.54, 1.807) is 14.0 Å². The Bertz CT molecular complexity index is 224. The second-order valence-electron chi connectivity index (χ2n) is 2.38. The van der Waals surface area contributed by atoms with Crippen molar-refractivity contribution >= 4 is 0 Å². The van der Waals surface area contributed by atoms with Gasteiger partial charge in [0.1, 0.15) is 0 Å². The zero-order valence-electron chi connectivity index (χ0n) is 7.33. The summed E-state index contributed by atoms with van der Waals surface area (Å²) in [6, 6.07) is 0. The molecule has 0 bridgehead atoms. The summed E-state index contributed by atoms with van der Waals surface area (Å²) in [6.45, 7) is 3.85. The molecular weight excluding hydrogens is 158 g/mol. The highest BCUT2D eigenvalue weighted by atomic mass is 16.5. The molecule has 0 saturated heterocycles. The molecule has 1 heterocycles. The van der Waals surface area contributed by atoms with Gasteiger partial charge in [-0.25, -0.2) is 0 Å². The lowest BCUT2D eigenvalue weighted by atomic mass is 10.6. The van der Waals surface area contributed by atoms with E-state index in [0.717, 1.165) is 6.54 Å². The molecule has 0 atom stereocenters. The molecular formula is C7H13N3O2. The third kappa shape index (κ3) is 2.98. The van der Waals surface area contributed by atoms with E-state index in [2.05, 4.69) is 15.5 Å². The first kappa shape index (κ1) is 9.15. The van der Waals surface area contributed by atoms with Crippen LogP contribution in [0, 0.1) is 6.92 Å². The number of aromatic nitrogens is 2. The molecule has 0 amide bonds. The summed E-state index contributed by atoms with van der Waals surface area (Å²) in [5, 5.41) is 10.6. The Hall–Kier alpha value is -0.940. The molecule has 0 aliphatic rings. The summed E-state index contributed by atoms with van der Waals surface area (Å²) in [4.78, 5) is 0. The van der Waals surface area contributed by atoms with Gasteiger partial charge in [-0.3, -0.25) is 0 Å².